The van der Waals surface area contributed by atoms with Gasteiger partial charge < -0.3 is 0 Å². The molecule has 0 unspecified atom stereocenters. The highest BCUT2D eigenvalue weighted by Gasteiger charge is 2.19. The van der Waals surface area contributed by atoms with Gasteiger partial charge in [0.2, 0.25) is 0 Å². The average molecular weight is 270 g/mol. The monoisotopic (exact) mass is 270 g/mol. The summed E-state index contributed by atoms with van der Waals surface area (Å²) >= 11 is 0. The summed E-state index contributed by atoms with van der Waals surface area (Å²) < 4.78 is 0.293. The van der Waals surface area contributed by atoms with E-state index < -0.39 is 0 Å². The third kappa shape index (κ3) is 12.0. The first-order valence-electron chi connectivity index (χ1n) is 7.71. The Bertz CT molecular complexity index is 249. The molecule has 0 atom stereocenters. The molecule has 0 aliphatic carbocycles. The van der Waals surface area contributed by atoms with Crippen molar-refractivity contribution in [1.29, 1.82) is 0 Å². The molecule has 0 aromatic rings. The Kier molecular flexibility index (Phi) is 10.6. The van der Waals surface area contributed by atoms with Crippen molar-refractivity contribution in [2.45, 2.75) is 64.7 Å². The van der Waals surface area contributed by atoms with Crippen molar-refractivity contribution in [3.8, 4) is 0 Å². The lowest BCUT2D eigenvalue weighted by Crippen LogP contribution is -2.41. The van der Waals surface area contributed by atoms with E-state index in [9.17, 15) is 4.79 Å². The van der Waals surface area contributed by atoms with E-state index in [0.717, 1.165) is 13.0 Å². The molecule has 0 amide bonds. The first-order valence-corrected chi connectivity index (χ1v) is 7.71. The van der Waals surface area contributed by atoms with Gasteiger partial charge in [0.05, 0.1) is 0 Å². The van der Waals surface area contributed by atoms with Crippen molar-refractivity contribution in [1.82, 2.24) is 0 Å². The van der Waals surface area contributed by atoms with Gasteiger partial charge >= 0.3 is 5.97 Å². The van der Waals surface area contributed by atoms with Crippen molar-refractivity contribution in [2.24, 2.45) is 0 Å². The Hall–Kier alpha value is -0.830. The van der Waals surface area contributed by atoms with Crippen LogP contribution in [-0.4, -0.2) is 31.3 Å². The molecule has 0 radical (unpaired) electrons. The molecule has 0 aliphatic rings. The highest BCUT2D eigenvalue weighted by atomic mass is 16.7. The van der Waals surface area contributed by atoms with Gasteiger partial charge in [0, 0.05) is 12.5 Å². The van der Waals surface area contributed by atoms with Crippen molar-refractivity contribution >= 4 is 5.97 Å². The molecule has 0 saturated heterocycles. The van der Waals surface area contributed by atoms with Crippen LogP contribution in [0.5, 0.6) is 0 Å². The van der Waals surface area contributed by atoms with Crippen LogP contribution in [0.15, 0.2) is 12.7 Å². The number of quaternary nitrogens is 1. The van der Waals surface area contributed by atoms with E-state index in [4.69, 9.17) is 4.84 Å². The maximum atomic E-state index is 11.1. The highest BCUT2D eigenvalue weighted by molar-refractivity contribution is 5.80. The van der Waals surface area contributed by atoms with Gasteiger partial charge in [-0.15, -0.1) is 4.65 Å². The van der Waals surface area contributed by atoms with E-state index in [2.05, 4.69) is 13.5 Å². The molecular formula is C16H32NO2+. The van der Waals surface area contributed by atoms with Crippen LogP contribution >= 0.6 is 0 Å². The smallest absolute Gasteiger partial charge is 0.272 e. The molecular weight excluding hydrogens is 238 g/mol. The zero-order valence-corrected chi connectivity index (χ0v) is 13.1. The molecule has 0 spiro atoms. The van der Waals surface area contributed by atoms with Crippen molar-refractivity contribution in [3.05, 3.63) is 12.7 Å². The van der Waals surface area contributed by atoms with E-state index >= 15 is 0 Å². The second kappa shape index (κ2) is 11.0. The number of nitrogens with zero attached hydrogens (tertiary/aromatic N) is 1. The second-order valence-corrected chi connectivity index (χ2v) is 5.74. The summed E-state index contributed by atoms with van der Waals surface area (Å²) in [5, 5.41) is 0. The number of hydrogen-bond acceptors (Lipinski definition) is 2. The van der Waals surface area contributed by atoms with E-state index in [-0.39, 0.29) is 5.97 Å². The average Bonchev–Trinajstić information content (AvgIpc) is 2.36. The van der Waals surface area contributed by atoms with E-state index in [1.54, 1.807) is 0 Å². The lowest BCUT2D eigenvalue weighted by atomic mass is 10.1. The fraction of sp³-hybridized carbons (Fsp3) is 0.812. The largest absolute Gasteiger partial charge is 0.389 e. The molecule has 112 valence electrons. The Balaban J connectivity index is 3.42. The van der Waals surface area contributed by atoms with Gasteiger partial charge in [0.25, 0.3) is 0 Å². The number of carbonyl (C=O) groups is 1. The molecule has 0 aromatic heterocycles. The third-order valence-electron chi connectivity index (χ3n) is 3.30. The van der Waals surface area contributed by atoms with Gasteiger partial charge in [0.15, 0.2) is 0 Å². The van der Waals surface area contributed by atoms with Crippen LogP contribution in [0.25, 0.3) is 0 Å². The quantitative estimate of drug-likeness (QED) is 0.229. The number of hydrogen-bond donors (Lipinski definition) is 0. The molecule has 3 heteroatoms. The van der Waals surface area contributed by atoms with Crippen molar-refractivity contribution in [2.75, 3.05) is 20.6 Å². The van der Waals surface area contributed by atoms with Crippen molar-refractivity contribution < 1.29 is 14.3 Å². The second-order valence-electron chi connectivity index (χ2n) is 5.74. The number of unbranched alkanes of at least 4 members (excludes halogenated alkanes) is 8. The first-order chi connectivity index (χ1) is 9.02. The Morgan fingerprint density at radius 2 is 1.47 bits per heavy atom. The summed E-state index contributed by atoms with van der Waals surface area (Å²) in [6.07, 6.45) is 13.0. The number of hydroxylamine groups is 3. The van der Waals surface area contributed by atoms with Crippen LogP contribution in [0.4, 0.5) is 0 Å². The standard InChI is InChI=1S/C16H32NO2/c1-5-7-8-9-10-11-12-13-14-15-17(3,4)19-16(18)6-2/h6H,2,5,7-15H2,1,3-4H3/q+1. The molecule has 0 N–H and O–H groups in total. The summed E-state index contributed by atoms with van der Waals surface area (Å²) in [5.41, 5.74) is 0. The predicted molar refractivity (Wildman–Crippen MR) is 80.5 cm³/mol. The summed E-state index contributed by atoms with van der Waals surface area (Å²) in [6.45, 7) is 6.53. The maximum absolute atomic E-state index is 11.1. The Labute approximate surface area is 119 Å². The predicted octanol–water partition coefficient (Wildman–Crippen LogP) is 4.24. The molecule has 0 fully saturated rings. The van der Waals surface area contributed by atoms with Gasteiger partial charge in [-0.3, -0.25) is 4.84 Å². The molecule has 0 aromatic carbocycles. The molecule has 19 heavy (non-hydrogen) atoms. The summed E-state index contributed by atoms with van der Waals surface area (Å²) in [5.74, 6) is -0.346. The van der Waals surface area contributed by atoms with Crippen molar-refractivity contribution in [3.63, 3.8) is 0 Å². The van der Waals surface area contributed by atoms with Crippen LogP contribution in [0.2, 0.25) is 0 Å². The maximum Gasteiger partial charge on any atom is 0.389 e. The normalized spacial score (nSPS) is 11.3. The minimum atomic E-state index is -0.346. The minimum absolute atomic E-state index is 0.293. The molecule has 0 saturated carbocycles. The highest BCUT2D eigenvalue weighted by Crippen LogP contribution is 2.11. The number of rotatable bonds is 12. The summed E-state index contributed by atoms with van der Waals surface area (Å²) in [6, 6.07) is 0. The third-order valence-corrected chi connectivity index (χ3v) is 3.30. The minimum Gasteiger partial charge on any atom is -0.272 e. The zero-order valence-electron chi connectivity index (χ0n) is 13.1. The zero-order chi connectivity index (χ0) is 14.6. The molecule has 0 rings (SSSR count). The summed E-state index contributed by atoms with van der Waals surface area (Å²) in [7, 11) is 3.82. The number of carbonyl (C=O) groups excluding carboxylic acids is 1. The van der Waals surface area contributed by atoms with Crippen LogP contribution < -0.4 is 0 Å². The van der Waals surface area contributed by atoms with Crippen LogP contribution in [-0.2, 0) is 9.63 Å². The first kappa shape index (κ1) is 18.2. The van der Waals surface area contributed by atoms with Gasteiger partial charge in [-0.25, -0.2) is 4.79 Å². The SMILES string of the molecule is C=CC(=O)O[N+](C)(C)CCCCCCCCCCC. The molecule has 0 heterocycles. The van der Waals surface area contributed by atoms with E-state index in [1.807, 2.05) is 14.1 Å². The van der Waals surface area contributed by atoms with E-state index in [1.165, 1.54) is 57.4 Å². The molecule has 0 aliphatic heterocycles. The summed E-state index contributed by atoms with van der Waals surface area (Å²) in [4.78, 5) is 16.4. The van der Waals surface area contributed by atoms with Crippen LogP contribution in [0.1, 0.15) is 64.7 Å². The van der Waals surface area contributed by atoms with Gasteiger partial charge in [-0.05, 0) is 6.42 Å². The van der Waals surface area contributed by atoms with Gasteiger partial charge in [0.1, 0.15) is 20.6 Å². The fourth-order valence-corrected chi connectivity index (χ4v) is 2.13. The Morgan fingerprint density at radius 3 is 1.95 bits per heavy atom. The van der Waals surface area contributed by atoms with Gasteiger partial charge in [-0.2, -0.15) is 0 Å². The fourth-order valence-electron chi connectivity index (χ4n) is 2.13. The lowest BCUT2D eigenvalue weighted by molar-refractivity contribution is -1.06. The molecule has 3 nitrogen and oxygen atoms in total. The van der Waals surface area contributed by atoms with Crippen LogP contribution in [0.3, 0.4) is 0 Å². The van der Waals surface area contributed by atoms with Gasteiger partial charge in [-0.1, -0.05) is 58.4 Å². The lowest BCUT2D eigenvalue weighted by Gasteiger charge is -2.25. The Morgan fingerprint density at radius 1 is 1.00 bits per heavy atom. The van der Waals surface area contributed by atoms with Crippen LogP contribution in [0, 0.1) is 0 Å². The molecule has 0 bridgehead atoms. The topological polar surface area (TPSA) is 26.3 Å². The van der Waals surface area contributed by atoms with E-state index in [0.29, 0.717) is 4.65 Å².